The summed E-state index contributed by atoms with van der Waals surface area (Å²) in [5.41, 5.74) is 2.36. The van der Waals surface area contributed by atoms with Gasteiger partial charge in [0.1, 0.15) is 12.2 Å². The van der Waals surface area contributed by atoms with E-state index in [1.54, 1.807) is 13.0 Å². The fourth-order valence-electron chi connectivity index (χ4n) is 3.23. The van der Waals surface area contributed by atoms with E-state index in [4.69, 9.17) is 14.6 Å². The molecule has 0 aromatic carbocycles. The molecule has 0 radical (unpaired) electrons. The Bertz CT molecular complexity index is 670. The molecule has 2 aliphatic rings. The first-order valence-electron chi connectivity index (χ1n) is 8.71. The molecule has 0 saturated carbocycles. The molecule has 0 aromatic rings. The van der Waals surface area contributed by atoms with Crippen molar-refractivity contribution >= 4 is 11.9 Å². The Labute approximate surface area is 153 Å². The molecule has 1 saturated heterocycles. The van der Waals surface area contributed by atoms with E-state index in [-0.39, 0.29) is 18.8 Å². The van der Waals surface area contributed by atoms with Gasteiger partial charge in [-0.25, -0.2) is 9.59 Å². The highest BCUT2D eigenvalue weighted by atomic mass is 16.6. The Morgan fingerprint density at radius 2 is 2.19 bits per heavy atom. The van der Waals surface area contributed by atoms with E-state index in [0.717, 1.165) is 17.6 Å². The number of hydrogen-bond donors (Lipinski definition) is 2. The highest BCUT2D eigenvalue weighted by molar-refractivity contribution is 5.92. The Kier molecular flexibility index (Phi) is 6.94. The number of ether oxygens (including phenoxy) is 2. The van der Waals surface area contributed by atoms with Crippen LogP contribution in [0.4, 0.5) is 0 Å². The number of fused-ring (bicyclic) bond motifs is 1. The van der Waals surface area contributed by atoms with Crippen molar-refractivity contribution in [2.24, 2.45) is 5.92 Å². The van der Waals surface area contributed by atoms with Crippen LogP contribution in [-0.2, 0) is 19.1 Å². The maximum Gasteiger partial charge on any atom is 0.334 e. The van der Waals surface area contributed by atoms with Crippen molar-refractivity contribution in [1.82, 2.24) is 0 Å². The summed E-state index contributed by atoms with van der Waals surface area (Å²) in [6, 6.07) is 0. The maximum atomic E-state index is 12.3. The zero-order valence-corrected chi connectivity index (χ0v) is 15.2. The minimum absolute atomic E-state index is 0.122. The largest absolute Gasteiger partial charge is 0.458 e. The van der Waals surface area contributed by atoms with Crippen LogP contribution in [0, 0.1) is 5.92 Å². The fourth-order valence-corrected chi connectivity index (χ4v) is 3.23. The second kappa shape index (κ2) is 8.96. The average molecular weight is 362 g/mol. The minimum Gasteiger partial charge on any atom is -0.458 e. The van der Waals surface area contributed by atoms with Crippen LogP contribution < -0.4 is 0 Å². The van der Waals surface area contributed by atoms with Crippen molar-refractivity contribution in [2.45, 2.75) is 45.3 Å². The lowest BCUT2D eigenvalue weighted by atomic mass is 9.85. The van der Waals surface area contributed by atoms with Crippen molar-refractivity contribution in [1.29, 1.82) is 0 Å². The Hall–Kier alpha value is -2.18. The summed E-state index contributed by atoms with van der Waals surface area (Å²) in [4.78, 5) is 24.4. The van der Waals surface area contributed by atoms with Crippen molar-refractivity contribution in [2.75, 3.05) is 13.2 Å². The molecule has 1 fully saturated rings. The number of rotatable bonds is 4. The van der Waals surface area contributed by atoms with Gasteiger partial charge in [0.25, 0.3) is 0 Å². The van der Waals surface area contributed by atoms with Crippen LogP contribution in [-0.4, -0.2) is 47.6 Å². The summed E-state index contributed by atoms with van der Waals surface area (Å²) < 4.78 is 11.1. The van der Waals surface area contributed by atoms with Crippen molar-refractivity contribution in [3.8, 4) is 0 Å². The van der Waals surface area contributed by atoms with Gasteiger partial charge >= 0.3 is 11.9 Å². The number of esters is 2. The second-order valence-electron chi connectivity index (χ2n) is 6.71. The Morgan fingerprint density at radius 1 is 1.46 bits per heavy atom. The normalized spacial score (nSPS) is 27.2. The van der Waals surface area contributed by atoms with Gasteiger partial charge in [0.05, 0.1) is 19.1 Å². The van der Waals surface area contributed by atoms with Crippen LogP contribution in [0.1, 0.15) is 33.1 Å². The van der Waals surface area contributed by atoms with Crippen LogP contribution in [0.2, 0.25) is 0 Å². The number of hydrogen-bond acceptors (Lipinski definition) is 6. The molecule has 0 amide bonds. The van der Waals surface area contributed by atoms with Gasteiger partial charge in [0.15, 0.2) is 0 Å². The van der Waals surface area contributed by atoms with Crippen LogP contribution in [0.5, 0.6) is 0 Å². The fraction of sp³-hybridized carbons (Fsp3) is 0.500. The number of carbonyl (C=O) groups is 2. The predicted octanol–water partition coefficient (Wildman–Crippen LogP) is 1.98. The molecule has 142 valence electrons. The summed E-state index contributed by atoms with van der Waals surface area (Å²) in [5.74, 6) is -1.58. The lowest BCUT2D eigenvalue weighted by molar-refractivity contribution is -0.147. The zero-order chi connectivity index (χ0) is 19.3. The van der Waals surface area contributed by atoms with Crippen LogP contribution in [0.3, 0.4) is 0 Å². The van der Waals surface area contributed by atoms with E-state index in [9.17, 15) is 14.7 Å². The van der Waals surface area contributed by atoms with E-state index < -0.39 is 30.1 Å². The van der Waals surface area contributed by atoms with E-state index in [1.165, 1.54) is 6.08 Å². The van der Waals surface area contributed by atoms with E-state index in [1.807, 2.05) is 13.0 Å². The van der Waals surface area contributed by atoms with Gasteiger partial charge in [-0.15, -0.1) is 0 Å². The quantitative estimate of drug-likeness (QED) is 0.451. The molecule has 0 aromatic heterocycles. The highest BCUT2D eigenvalue weighted by Crippen LogP contribution is 2.36. The molecule has 26 heavy (non-hydrogen) atoms. The van der Waals surface area contributed by atoms with Gasteiger partial charge < -0.3 is 19.7 Å². The molecular formula is C20H26O6. The monoisotopic (exact) mass is 362 g/mol. The lowest BCUT2D eigenvalue weighted by Crippen LogP contribution is -2.33. The first kappa shape index (κ1) is 20.1. The summed E-state index contributed by atoms with van der Waals surface area (Å²) in [7, 11) is 0. The molecule has 6 heteroatoms. The third-order valence-corrected chi connectivity index (χ3v) is 4.72. The number of carbonyl (C=O) groups excluding carboxylic acids is 2. The smallest absolute Gasteiger partial charge is 0.334 e. The molecule has 2 rings (SSSR count). The van der Waals surface area contributed by atoms with Crippen molar-refractivity contribution < 1.29 is 29.3 Å². The number of aliphatic hydroxyl groups is 2. The van der Waals surface area contributed by atoms with Crippen LogP contribution in [0.15, 0.2) is 47.1 Å². The van der Waals surface area contributed by atoms with Gasteiger partial charge in [0.2, 0.25) is 0 Å². The van der Waals surface area contributed by atoms with Crippen LogP contribution >= 0.6 is 0 Å². The van der Waals surface area contributed by atoms with Crippen molar-refractivity contribution in [3.05, 3.63) is 47.1 Å². The van der Waals surface area contributed by atoms with E-state index in [0.29, 0.717) is 18.4 Å². The first-order chi connectivity index (χ1) is 12.4. The summed E-state index contributed by atoms with van der Waals surface area (Å²) in [6.45, 7) is 6.95. The molecule has 0 unspecified atom stereocenters. The van der Waals surface area contributed by atoms with Crippen molar-refractivity contribution in [3.63, 3.8) is 0 Å². The topological polar surface area (TPSA) is 93.1 Å². The summed E-state index contributed by atoms with van der Waals surface area (Å²) in [5, 5.41) is 18.5. The molecule has 1 aliphatic heterocycles. The van der Waals surface area contributed by atoms with E-state index >= 15 is 0 Å². The Morgan fingerprint density at radius 3 is 2.85 bits per heavy atom. The Balaban J connectivity index is 2.38. The molecule has 0 spiro atoms. The molecule has 0 bridgehead atoms. The summed E-state index contributed by atoms with van der Waals surface area (Å²) in [6.07, 6.45) is 5.78. The SMILES string of the molecule is C=C1C(=O)O[C@@H]2C=C(CO)CCC=C(C)C[C@@H](OC(=O)C(C)=CCO)[C@@H]12. The highest BCUT2D eigenvalue weighted by Gasteiger charge is 2.44. The molecule has 1 heterocycles. The van der Waals surface area contributed by atoms with Gasteiger partial charge in [-0.2, -0.15) is 0 Å². The number of allylic oxidation sites excluding steroid dienone is 1. The average Bonchev–Trinajstić information content (AvgIpc) is 2.87. The van der Waals surface area contributed by atoms with E-state index in [2.05, 4.69) is 6.58 Å². The predicted molar refractivity (Wildman–Crippen MR) is 96.0 cm³/mol. The third kappa shape index (κ3) is 4.71. The first-order valence-corrected chi connectivity index (χ1v) is 8.71. The van der Waals surface area contributed by atoms with Gasteiger partial charge in [-0.05, 0) is 44.4 Å². The molecule has 6 nitrogen and oxygen atoms in total. The second-order valence-corrected chi connectivity index (χ2v) is 6.71. The maximum absolute atomic E-state index is 12.3. The minimum atomic E-state index is -0.626. The molecule has 1 aliphatic carbocycles. The zero-order valence-electron chi connectivity index (χ0n) is 15.2. The van der Waals surface area contributed by atoms with Crippen LogP contribution in [0.25, 0.3) is 0 Å². The molecular weight excluding hydrogens is 336 g/mol. The molecule has 2 N–H and O–H groups in total. The molecule has 3 atom stereocenters. The third-order valence-electron chi connectivity index (χ3n) is 4.72. The standard InChI is InChI=1S/C20H26O6/c1-12-5-4-6-15(11-22)10-17-18(14(3)20(24)26-17)16(9-12)25-19(23)13(2)7-8-21/h5,7,10,16-18,21-22H,3-4,6,8-9,11H2,1-2H3/t16-,17-,18-/m1/s1. The van der Waals surface area contributed by atoms with Gasteiger partial charge in [-0.3, -0.25) is 0 Å². The number of aliphatic hydroxyl groups excluding tert-OH is 2. The lowest BCUT2D eigenvalue weighted by Gasteiger charge is -2.27. The van der Waals surface area contributed by atoms with Gasteiger partial charge in [0, 0.05) is 17.6 Å². The van der Waals surface area contributed by atoms with Gasteiger partial charge in [-0.1, -0.05) is 18.2 Å². The summed E-state index contributed by atoms with van der Waals surface area (Å²) >= 11 is 0.